The lowest BCUT2D eigenvalue weighted by Gasteiger charge is -2.20. The average Bonchev–Trinajstić information content (AvgIpc) is 2.78. The van der Waals surface area contributed by atoms with Crippen LogP contribution in [-0.2, 0) is 11.3 Å². The maximum Gasteiger partial charge on any atom is 0.261 e. The summed E-state index contributed by atoms with van der Waals surface area (Å²) in [4.78, 5) is 29.6. The largest absolute Gasteiger partial charge is 0.345 e. The molecule has 0 spiro atoms. The van der Waals surface area contributed by atoms with Gasteiger partial charge in [0, 0.05) is 13.0 Å². The number of nitrogens with one attached hydrogen (secondary N) is 1. The molecular formula is C24H21N3O2. The first-order chi connectivity index (χ1) is 14.2. The Balaban J connectivity index is 1.50. The van der Waals surface area contributed by atoms with E-state index in [1.807, 2.05) is 72.8 Å². The third kappa shape index (κ3) is 4.24. The molecule has 1 amide bonds. The zero-order valence-electron chi connectivity index (χ0n) is 15.9. The summed E-state index contributed by atoms with van der Waals surface area (Å²) < 4.78 is 1.49. The molecule has 0 aliphatic rings. The molecule has 29 heavy (non-hydrogen) atoms. The van der Waals surface area contributed by atoms with Gasteiger partial charge in [-0.25, -0.2) is 4.98 Å². The highest BCUT2D eigenvalue weighted by molar-refractivity contribution is 5.78. The van der Waals surface area contributed by atoms with Gasteiger partial charge in [-0.15, -0.1) is 0 Å². The van der Waals surface area contributed by atoms with Crippen LogP contribution in [0.25, 0.3) is 10.9 Å². The summed E-state index contributed by atoms with van der Waals surface area (Å²) in [7, 11) is 0. The second-order valence-electron chi connectivity index (χ2n) is 6.83. The van der Waals surface area contributed by atoms with E-state index in [0.29, 0.717) is 10.9 Å². The molecule has 5 heteroatoms. The fourth-order valence-corrected chi connectivity index (χ4v) is 3.37. The summed E-state index contributed by atoms with van der Waals surface area (Å²) in [5, 5.41) is 3.66. The predicted octanol–water partition coefficient (Wildman–Crippen LogP) is 3.69. The lowest BCUT2D eigenvalue weighted by molar-refractivity contribution is -0.121. The van der Waals surface area contributed by atoms with Crippen LogP contribution in [0.15, 0.2) is 96.1 Å². The van der Waals surface area contributed by atoms with Gasteiger partial charge < -0.3 is 5.32 Å². The van der Waals surface area contributed by atoms with Crippen molar-refractivity contribution in [2.45, 2.75) is 19.0 Å². The number of fused-ring (bicyclic) bond motifs is 1. The standard InChI is InChI=1S/C24H21N3O2/c28-22(15-16-27-17-25-21-14-8-7-13-20(21)24(27)29)26-23(18-9-3-1-4-10-18)19-11-5-2-6-12-19/h1-14,17,23H,15-16H2,(H,26,28). The first kappa shape index (κ1) is 18.6. The molecule has 4 aromatic rings. The van der Waals surface area contributed by atoms with Gasteiger partial charge in [-0.2, -0.15) is 0 Å². The first-order valence-electron chi connectivity index (χ1n) is 9.56. The molecule has 0 saturated carbocycles. The molecule has 4 rings (SSSR count). The monoisotopic (exact) mass is 383 g/mol. The van der Waals surface area contributed by atoms with Crippen molar-refractivity contribution < 1.29 is 4.79 Å². The minimum Gasteiger partial charge on any atom is -0.345 e. The molecule has 5 nitrogen and oxygen atoms in total. The number of aromatic nitrogens is 2. The smallest absolute Gasteiger partial charge is 0.261 e. The number of para-hydroxylation sites is 1. The lowest BCUT2D eigenvalue weighted by Crippen LogP contribution is -2.31. The van der Waals surface area contributed by atoms with Crippen molar-refractivity contribution in [1.29, 1.82) is 0 Å². The topological polar surface area (TPSA) is 64.0 Å². The molecule has 144 valence electrons. The van der Waals surface area contributed by atoms with Crippen molar-refractivity contribution in [3.63, 3.8) is 0 Å². The van der Waals surface area contributed by atoms with Crippen LogP contribution in [0.5, 0.6) is 0 Å². The normalized spacial score (nSPS) is 10.9. The fourth-order valence-electron chi connectivity index (χ4n) is 3.37. The molecule has 0 bridgehead atoms. The van der Waals surface area contributed by atoms with Crippen molar-refractivity contribution in [3.05, 3.63) is 113 Å². The van der Waals surface area contributed by atoms with Gasteiger partial charge in [0.1, 0.15) is 0 Å². The first-order valence-corrected chi connectivity index (χ1v) is 9.56. The van der Waals surface area contributed by atoms with Crippen LogP contribution < -0.4 is 10.9 Å². The highest BCUT2D eigenvalue weighted by Crippen LogP contribution is 2.21. The Bertz CT molecular complexity index is 1130. The number of amides is 1. The molecule has 1 N–H and O–H groups in total. The van der Waals surface area contributed by atoms with Gasteiger partial charge >= 0.3 is 0 Å². The van der Waals surface area contributed by atoms with Gasteiger partial charge in [-0.3, -0.25) is 14.2 Å². The van der Waals surface area contributed by atoms with Crippen LogP contribution >= 0.6 is 0 Å². The summed E-state index contributed by atoms with van der Waals surface area (Å²) in [5.41, 5.74) is 2.55. The van der Waals surface area contributed by atoms with E-state index in [9.17, 15) is 9.59 Å². The van der Waals surface area contributed by atoms with Gasteiger partial charge in [0.2, 0.25) is 5.91 Å². The third-order valence-electron chi connectivity index (χ3n) is 4.88. The minimum absolute atomic E-state index is 0.122. The molecular weight excluding hydrogens is 362 g/mol. The van der Waals surface area contributed by atoms with E-state index in [1.54, 1.807) is 12.1 Å². The number of benzene rings is 3. The van der Waals surface area contributed by atoms with E-state index in [4.69, 9.17) is 0 Å². The maximum absolute atomic E-state index is 12.7. The number of carbonyl (C=O) groups is 1. The van der Waals surface area contributed by atoms with Crippen LogP contribution in [0, 0.1) is 0 Å². The van der Waals surface area contributed by atoms with E-state index < -0.39 is 0 Å². The molecule has 0 aliphatic heterocycles. The Hall–Kier alpha value is -3.73. The number of nitrogens with zero attached hydrogens (tertiary/aromatic N) is 2. The van der Waals surface area contributed by atoms with Gasteiger partial charge in [-0.05, 0) is 23.3 Å². The Morgan fingerprint density at radius 2 is 1.45 bits per heavy atom. The molecule has 0 aliphatic carbocycles. The minimum atomic E-state index is -0.239. The zero-order chi connectivity index (χ0) is 20.1. The van der Waals surface area contributed by atoms with Crippen molar-refractivity contribution >= 4 is 16.8 Å². The van der Waals surface area contributed by atoms with Crippen LogP contribution in [-0.4, -0.2) is 15.5 Å². The number of hydrogen-bond acceptors (Lipinski definition) is 3. The predicted molar refractivity (Wildman–Crippen MR) is 113 cm³/mol. The van der Waals surface area contributed by atoms with Crippen molar-refractivity contribution in [3.8, 4) is 0 Å². The molecule has 0 radical (unpaired) electrons. The van der Waals surface area contributed by atoms with E-state index in [2.05, 4.69) is 10.3 Å². The van der Waals surface area contributed by atoms with Crippen molar-refractivity contribution in [2.24, 2.45) is 0 Å². The van der Waals surface area contributed by atoms with Crippen LogP contribution in [0.2, 0.25) is 0 Å². The summed E-state index contributed by atoms with van der Waals surface area (Å²) in [6.45, 7) is 0.277. The molecule has 1 heterocycles. The van der Waals surface area contributed by atoms with Crippen LogP contribution in [0.1, 0.15) is 23.6 Å². The Kier molecular flexibility index (Phi) is 5.47. The summed E-state index contributed by atoms with van der Waals surface area (Å²) in [6.07, 6.45) is 1.69. The number of aryl methyl sites for hydroxylation is 1. The lowest BCUT2D eigenvalue weighted by atomic mass is 9.98. The van der Waals surface area contributed by atoms with Gasteiger partial charge in [0.05, 0.1) is 23.3 Å². The summed E-state index contributed by atoms with van der Waals surface area (Å²) in [6, 6.07) is 26.7. The van der Waals surface area contributed by atoms with Crippen molar-refractivity contribution in [1.82, 2.24) is 14.9 Å². The molecule has 0 fully saturated rings. The number of rotatable bonds is 6. The van der Waals surface area contributed by atoms with Gasteiger partial charge in [-0.1, -0.05) is 72.8 Å². The number of hydrogen-bond donors (Lipinski definition) is 1. The Morgan fingerprint density at radius 1 is 0.862 bits per heavy atom. The SMILES string of the molecule is O=C(CCn1cnc2ccccc2c1=O)NC(c1ccccc1)c1ccccc1. The van der Waals surface area contributed by atoms with E-state index in [1.165, 1.54) is 10.9 Å². The van der Waals surface area contributed by atoms with E-state index in [0.717, 1.165) is 11.1 Å². The quantitative estimate of drug-likeness (QED) is 0.552. The molecule has 1 aromatic heterocycles. The Morgan fingerprint density at radius 3 is 2.10 bits per heavy atom. The van der Waals surface area contributed by atoms with Crippen LogP contribution in [0.3, 0.4) is 0 Å². The van der Waals surface area contributed by atoms with Crippen LogP contribution in [0.4, 0.5) is 0 Å². The second-order valence-corrected chi connectivity index (χ2v) is 6.83. The zero-order valence-corrected chi connectivity index (χ0v) is 15.9. The summed E-state index contributed by atoms with van der Waals surface area (Å²) >= 11 is 0. The highest BCUT2D eigenvalue weighted by Gasteiger charge is 2.16. The summed E-state index contributed by atoms with van der Waals surface area (Å²) in [5.74, 6) is -0.122. The molecule has 0 saturated heterocycles. The maximum atomic E-state index is 12.7. The van der Waals surface area contributed by atoms with Crippen molar-refractivity contribution in [2.75, 3.05) is 0 Å². The fraction of sp³-hybridized carbons (Fsp3) is 0.125. The van der Waals surface area contributed by atoms with E-state index >= 15 is 0 Å². The number of carbonyl (C=O) groups excluding carboxylic acids is 1. The highest BCUT2D eigenvalue weighted by atomic mass is 16.2. The molecule has 0 unspecified atom stereocenters. The third-order valence-corrected chi connectivity index (χ3v) is 4.88. The van der Waals surface area contributed by atoms with Gasteiger partial charge in [0.15, 0.2) is 0 Å². The van der Waals surface area contributed by atoms with Gasteiger partial charge in [0.25, 0.3) is 5.56 Å². The average molecular weight is 383 g/mol. The van der Waals surface area contributed by atoms with E-state index in [-0.39, 0.29) is 30.5 Å². The second kappa shape index (κ2) is 8.52. The molecule has 3 aromatic carbocycles. The Labute approximate surface area is 168 Å². The molecule has 0 atom stereocenters.